The second kappa shape index (κ2) is 6.95. The molecule has 118 valence electrons. The normalized spacial score (nSPS) is 12.1. The van der Waals surface area contributed by atoms with Crippen LogP contribution in [0.4, 0.5) is 5.82 Å². The molecular weight excluding hydrogens is 327 g/mol. The number of hydrogen-bond donors (Lipinski definition) is 3. The molecule has 0 aliphatic rings. The third kappa shape index (κ3) is 3.68. The van der Waals surface area contributed by atoms with Crippen LogP contribution in [0.3, 0.4) is 0 Å². The van der Waals surface area contributed by atoms with Crippen molar-refractivity contribution >= 4 is 40.9 Å². The fourth-order valence-corrected chi connectivity index (χ4v) is 2.30. The number of nitrogens with zero attached hydrogens (tertiary/aromatic N) is 3. The Morgan fingerprint density at radius 3 is 2.95 bits per heavy atom. The highest BCUT2D eigenvalue weighted by atomic mass is 35.5. The van der Waals surface area contributed by atoms with Crippen molar-refractivity contribution in [1.29, 1.82) is 0 Å². The molecule has 0 saturated heterocycles. The van der Waals surface area contributed by atoms with E-state index in [9.17, 15) is 0 Å². The number of nitrogens with one attached hydrogen (secondary N) is 2. The van der Waals surface area contributed by atoms with Crippen LogP contribution in [-0.2, 0) is 13.0 Å². The van der Waals surface area contributed by atoms with Crippen molar-refractivity contribution in [3.63, 3.8) is 0 Å². The first-order valence-corrected chi connectivity index (χ1v) is 6.92. The molecule has 3 rings (SSSR count). The minimum Gasteiger partial charge on any atom is -0.447 e. The average Bonchev–Trinajstić information content (AvgIpc) is 3.03. The van der Waals surface area contributed by atoms with Crippen molar-refractivity contribution in [3.05, 3.63) is 35.4 Å². The smallest absolute Gasteiger partial charge is 0.226 e. The second-order valence-electron chi connectivity index (χ2n) is 4.86. The number of hydrogen-bond acceptors (Lipinski definition) is 6. The van der Waals surface area contributed by atoms with Crippen LogP contribution in [0.15, 0.2) is 22.9 Å². The van der Waals surface area contributed by atoms with E-state index in [-0.39, 0.29) is 23.7 Å². The zero-order valence-corrected chi connectivity index (χ0v) is 13.4. The largest absolute Gasteiger partial charge is 0.447 e. The minimum atomic E-state index is 0. The highest BCUT2D eigenvalue weighted by Crippen LogP contribution is 2.24. The average molecular weight is 343 g/mol. The summed E-state index contributed by atoms with van der Waals surface area (Å²) in [6, 6.07) is 2.04. The highest BCUT2D eigenvalue weighted by molar-refractivity contribution is 6.28. The summed E-state index contributed by atoms with van der Waals surface area (Å²) >= 11 is 5.95. The van der Waals surface area contributed by atoms with E-state index in [1.807, 2.05) is 13.0 Å². The van der Waals surface area contributed by atoms with Crippen molar-refractivity contribution in [2.75, 3.05) is 5.32 Å². The zero-order chi connectivity index (χ0) is 14.8. The summed E-state index contributed by atoms with van der Waals surface area (Å²) in [6.07, 6.45) is 3.85. The number of H-pyrrole nitrogens is 1. The predicted molar refractivity (Wildman–Crippen MR) is 87.3 cm³/mol. The molecule has 0 aliphatic heterocycles. The molecule has 9 heteroatoms. The van der Waals surface area contributed by atoms with Gasteiger partial charge < -0.3 is 20.5 Å². The van der Waals surface area contributed by atoms with Gasteiger partial charge >= 0.3 is 0 Å². The van der Waals surface area contributed by atoms with Crippen molar-refractivity contribution in [1.82, 2.24) is 19.9 Å². The summed E-state index contributed by atoms with van der Waals surface area (Å²) in [5.41, 5.74) is 7.50. The van der Waals surface area contributed by atoms with Crippen molar-refractivity contribution in [2.45, 2.75) is 25.9 Å². The van der Waals surface area contributed by atoms with Gasteiger partial charge in [-0.25, -0.2) is 9.97 Å². The van der Waals surface area contributed by atoms with Gasteiger partial charge in [0.25, 0.3) is 0 Å². The number of aromatic nitrogens is 4. The molecule has 3 aromatic rings. The number of halogens is 2. The number of anilines is 1. The van der Waals surface area contributed by atoms with Crippen LogP contribution in [0.2, 0.25) is 5.28 Å². The number of aromatic amines is 1. The van der Waals surface area contributed by atoms with Crippen molar-refractivity contribution in [2.24, 2.45) is 5.73 Å². The Morgan fingerprint density at radius 2 is 2.27 bits per heavy atom. The van der Waals surface area contributed by atoms with Crippen LogP contribution in [0.1, 0.15) is 18.5 Å². The molecule has 0 spiro atoms. The fourth-order valence-electron chi connectivity index (χ4n) is 2.13. The Labute approximate surface area is 138 Å². The van der Waals surface area contributed by atoms with Gasteiger partial charge in [-0.2, -0.15) is 4.98 Å². The first-order chi connectivity index (χ1) is 10.1. The number of nitrogens with two attached hydrogens (primary N) is 1. The van der Waals surface area contributed by atoms with E-state index in [0.29, 0.717) is 23.9 Å². The summed E-state index contributed by atoms with van der Waals surface area (Å²) in [5, 5.41) is 4.19. The molecule has 1 atom stereocenters. The van der Waals surface area contributed by atoms with E-state index in [1.54, 1.807) is 6.20 Å². The maximum absolute atomic E-state index is 5.95. The van der Waals surface area contributed by atoms with Gasteiger partial charge in [0.1, 0.15) is 17.7 Å². The molecule has 7 nitrogen and oxygen atoms in total. The summed E-state index contributed by atoms with van der Waals surface area (Å²) in [4.78, 5) is 15.7. The van der Waals surface area contributed by atoms with E-state index < -0.39 is 0 Å². The van der Waals surface area contributed by atoms with Crippen LogP contribution in [0, 0.1) is 0 Å². The van der Waals surface area contributed by atoms with Gasteiger partial charge in [0, 0.05) is 18.2 Å². The lowest BCUT2D eigenvalue weighted by molar-refractivity contribution is 0.503. The molecule has 0 aromatic carbocycles. The van der Waals surface area contributed by atoms with Gasteiger partial charge in [0.2, 0.25) is 11.2 Å². The molecular formula is C13H16Cl2N6O. The molecule has 22 heavy (non-hydrogen) atoms. The molecule has 0 amide bonds. The fraction of sp³-hybridized carbons (Fsp3) is 0.308. The summed E-state index contributed by atoms with van der Waals surface area (Å²) in [7, 11) is 0. The van der Waals surface area contributed by atoms with Crippen LogP contribution >= 0.6 is 24.0 Å². The molecule has 0 fully saturated rings. The van der Waals surface area contributed by atoms with Gasteiger partial charge in [0.15, 0.2) is 0 Å². The Kier molecular flexibility index (Phi) is 5.23. The lowest BCUT2D eigenvalue weighted by Gasteiger charge is -2.04. The summed E-state index contributed by atoms with van der Waals surface area (Å²) < 4.78 is 5.18. The zero-order valence-electron chi connectivity index (χ0n) is 11.8. The van der Waals surface area contributed by atoms with E-state index in [2.05, 4.69) is 25.3 Å². The maximum Gasteiger partial charge on any atom is 0.226 e. The second-order valence-corrected chi connectivity index (χ2v) is 5.20. The molecule has 3 aromatic heterocycles. The monoisotopic (exact) mass is 342 g/mol. The maximum atomic E-state index is 5.95. The van der Waals surface area contributed by atoms with E-state index in [4.69, 9.17) is 21.8 Å². The first-order valence-electron chi connectivity index (χ1n) is 6.55. The van der Waals surface area contributed by atoms with E-state index in [0.717, 1.165) is 17.5 Å². The Hall–Kier alpha value is -1.83. The quantitative estimate of drug-likeness (QED) is 0.615. The summed E-state index contributed by atoms with van der Waals surface area (Å²) in [5.74, 6) is 1.21. The molecule has 0 bridgehead atoms. The van der Waals surface area contributed by atoms with Crippen molar-refractivity contribution in [3.8, 4) is 0 Å². The number of oxazole rings is 1. The molecule has 4 N–H and O–H groups in total. The van der Waals surface area contributed by atoms with Crippen LogP contribution < -0.4 is 11.1 Å². The molecule has 3 heterocycles. The number of rotatable bonds is 5. The highest BCUT2D eigenvalue weighted by Gasteiger charge is 2.12. The van der Waals surface area contributed by atoms with E-state index in [1.165, 1.54) is 6.26 Å². The van der Waals surface area contributed by atoms with Gasteiger partial charge in [-0.15, -0.1) is 12.4 Å². The summed E-state index contributed by atoms with van der Waals surface area (Å²) in [6.45, 7) is 2.37. The topological polar surface area (TPSA) is 106 Å². The van der Waals surface area contributed by atoms with Crippen LogP contribution in [0.25, 0.3) is 11.0 Å². The Balaban J connectivity index is 0.00000176. The first kappa shape index (κ1) is 16.5. The van der Waals surface area contributed by atoms with Gasteiger partial charge in [-0.05, 0) is 24.6 Å². The van der Waals surface area contributed by atoms with Gasteiger partial charge in [0.05, 0.1) is 18.1 Å². The number of fused-ring (bicyclic) bond motifs is 1. The molecule has 0 unspecified atom stereocenters. The Morgan fingerprint density at radius 1 is 1.45 bits per heavy atom. The van der Waals surface area contributed by atoms with Crippen LogP contribution in [0.5, 0.6) is 0 Å². The lowest BCUT2D eigenvalue weighted by Crippen LogP contribution is -2.17. The van der Waals surface area contributed by atoms with Gasteiger partial charge in [-0.3, -0.25) is 0 Å². The minimum absolute atomic E-state index is 0. The van der Waals surface area contributed by atoms with E-state index >= 15 is 0 Å². The predicted octanol–water partition coefficient (Wildman–Crippen LogP) is 2.52. The molecule has 0 aliphatic carbocycles. The van der Waals surface area contributed by atoms with Crippen molar-refractivity contribution < 1.29 is 4.42 Å². The molecule has 0 saturated carbocycles. The standard InChI is InChI=1S/C13H15ClN6O.ClH/c1-7(15)4-8-5-9-11(17-6-10-16-2-3-21-10)19-13(14)20-12(9)18-8;/h2-3,5,7H,4,6,15H2,1H3,(H2,17,18,19,20);1H/t7-;/m0./s1. The molecule has 0 radical (unpaired) electrons. The lowest BCUT2D eigenvalue weighted by atomic mass is 10.2. The Bertz CT molecular complexity index is 740. The third-order valence-electron chi connectivity index (χ3n) is 2.95. The third-order valence-corrected chi connectivity index (χ3v) is 3.12. The SMILES string of the molecule is C[C@H](N)Cc1cc2c(NCc3ncco3)nc(Cl)nc2[nH]1.Cl. The van der Waals surface area contributed by atoms with Crippen LogP contribution in [-0.4, -0.2) is 26.0 Å². The van der Waals surface area contributed by atoms with Gasteiger partial charge in [-0.1, -0.05) is 0 Å².